The second-order valence-electron chi connectivity index (χ2n) is 3.89. The van der Waals surface area contributed by atoms with Gasteiger partial charge in [-0.3, -0.25) is 0 Å². The molecule has 0 aromatic heterocycles. The van der Waals surface area contributed by atoms with Crippen LogP contribution in [0.4, 0.5) is 4.79 Å². The molecule has 0 fully saturated rings. The highest BCUT2D eigenvalue weighted by Gasteiger charge is 2.11. The zero-order valence-corrected chi connectivity index (χ0v) is 10.1. The van der Waals surface area contributed by atoms with Crippen LogP contribution in [0.1, 0.15) is 18.9 Å². The van der Waals surface area contributed by atoms with Crippen LogP contribution in [0, 0.1) is 0 Å². The second-order valence-corrected chi connectivity index (χ2v) is 3.89. The maximum absolute atomic E-state index is 10.6. The SMILES string of the molecule is C/C(=N/NC(N)=O)c1ccc2c(c1)OCCCO2. The maximum Gasteiger partial charge on any atom is 0.332 e. The van der Waals surface area contributed by atoms with Gasteiger partial charge in [0, 0.05) is 12.0 Å². The Balaban J connectivity index is 2.22. The number of urea groups is 1. The van der Waals surface area contributed by atoms with Gasteiger partial charge in [0.15, 0.2) is 11.5 Å². The van der Waals surface area contributed by atoms with Crippen molar-refractivity contribution in [3.8, 4) is 11.5 Å². The first-order chi connectivity index (χ1) is 8.66. The molecule has 2 amide bonds. The number of nitrogens with two attached hydrogens (primary N) is 1. The molecule has 96 valence electrons. The summed E-state index contributed by atoms with van der Waals surface area (Å²) in [6.07, 6.45) is 0.861. The molecule has 1 aromatic carbocycles. The first-order valence-corrected chi connectivity index (χ1v) is 5.66. The molecule has 6 nitrogen and oxygen atoms in total. The van der Waals surface area contributed by atoms with Gasteiger partial charge < -0.3 is 15.2 Å². The Labute approximate surface area is 105 Å². The van der Waals surface area contributed by atoms with Gasteiger partial charge in [-0.1, -0.05) is 0 Å². The number of ether oxygens (including phenoxy) is 2. The lowest BCUT2D eigenvalue weighted by Crippen LogP contribution is -2.25. The average Bonchev–Trinajstić information content (AvgIpc) is 2.60. The van der Waals surface area contributed by atoms with Gasteiger partial charge in [0.25, 0.3) is 0 Å². The van der Waals surface area contributed by atoms with E-state index in [0.717, 1.165) is 17.7 Å². The monoisotopic (exact) mass is 249 g/mol. The van der Waals surface area contributed by atoms with E-state index >= 15 is 0 Å². The van der Waals surface area contributed by atoms with Crippen molar-refractivity contribution in [2.24, 2.45) is 10.8 Å². The Hall–Kier alpha value is -2.24. The standard InChI is InChI=1S/C12H15N3O3/c1-8(14-15-12(13)16)9-3-4-10-11(7-9)18-6-2-5-17-10/h3-4,7H,2,5-6H2,1H3,(H3,13,15,16)/b14-8-. The Kier molecular flexibility index (Phi) is 3.66. The molecular weight excluding hydrogens is 234 g/mol. The average molecular weight is 249 g/mol. The molecule has 0 atom stereocenters. The van der Waals surface area contributed by atoms with Crippen molar-refractivity contribution in [3.63, 3.8) is 0 Å². The van der Waals surface area contributed by atoms with Gasteiger partial charge in [-0.05, 0) is 25.1 Å². The summed E-state index contributed by atoms with van der Waals surface area (Å²) in [6, 6.07) is 4.83. The molecule has 0 unspecified atom stereocenters. The summed E-state index contributed by atoms with van der Waals surface area (Å²) in [4.78, 5) is 10.6. The molecular formula is C12H15N3O3. The maximum atomic E-state index is 10.6. The van der Waals surface area contributed by atoms with E-state index in [0.29, 0.717) is 24.7 Å². The number of rotatable bonds is 2. The first kappa shape index (κ1) is 12.2. The summed E-state index contributed by atoms with van der Waals surface area (Å²) in [6.45, 7) is 3.06. The van der Waals surface area contributed by atoms with Crippen LogP contribution < -0.4 is 20.6 Å². The summed E-state index contributed by atoms with van der Waals surface area (Å²) in [5, 5.41) is 3.86. The molecule has 0 radical (unpaired) electrons. The summed E-state index contributed by atoms with van der Waals surface area (Å²) in [5.74, 6) is 1.42. The molecule has 0 aliphatic carbocycles. The summed E-state index contributed by atoms with van der Waals surface area (Å²) < 4.78 is 11.1. The molecule has 6 heteroatoms. The van der Waals surface area contributed by atoms with Crippen LogP contribution in [0.2, 0.25) is 0 Å². The highest BCUT2D eigenvalue weighted by atomic mass is 16.5. The summed E-state index contributed by atoms with van der Waals surface area (Å²) >= 11 is 0. The zero-order chi connectivity index (χ0) is 13.0. The third-order valence-electron chi connectivity index (χ3n) is 2.50. The van der Waals surface area contributed by atoms with Crippen molar-refractivity contribution in [2.45, 2.75) is 13.3 Å². The lowest BCUT2D eigenvalue weighted by atomic mass is 10.1. The van der Waals surface area contributed by atoms with Crippen molar-refractivity contribution < 1.29 is 14.3 Å². The van der Waals surface area contributed by atoms with E-state index in [-0.39, 0.29) is 0 Å². The van der Waals surface area contributed by atoms with Gasteiger partial charge in [-0.15, -0.1) is 0 Å². The zero-order valence-electron chi connectivity index (χ0n) is 10.1. The first-order valence-electron chi connectivity index (χ1n) is 5.66. The van der Waals surface area contributed by atoms with E-state index in [1.165, 1.54) is 0 Å². The fraction of sp³-hybridized carbons (Fsp3) is 0.333. The molecule has 1 heterocycles. The van der Waals surface area contributed by atoms with Gasteiger partial charge in [-0.2, -0.15) is 5.10 Å². The predicted octanol–water partition coefficient (Wildman–Crippen LogP) is 1.24. The lowest BCUT2D eigenvalue weighted by Gasteiger charge is -2.09. The van der Waals surface area contributed by atoms with Gasteiger partial charge in [0.2, 0.25) is 0 Å². The Morgan fingerprint density at radius 2 is 2.06 bits per heavy atom. The van der Waals surface area contributed by atoms with E-state index in [9.17, 15) is 4.79 Å². The fourth-order valence-corrected chi connectivity index (χ4v) is 1.59. The molecule has 18 heavy (non-hydrogen) atoms. The van der Waals surface area contributed by atoms with Crippen molar-refractivity contribution >= 4 is 11.7 Å². The normalized spacial score (nSPS) is 14.8. The molecule has 0 bridgehead atoms. The second kappa shape index (κ2) is 5.39. The van der Waals surface area contributed by atoms with Gasteiger partial charge >= 0.3 is 6.03 Å². The van der Waals surface area contributed by atoms with E-state index in [4.69, 9.17) is 15.2 Å². The number of nitrogens with one attached hydrogen (secondary N) is 1. The summed E-state index contributed by atoms with van der Waals surface area (Å²) in [5.41, 5.74) is 8.62. The number of fused-ring (bicyclic) bond motifs is 1. The quantitative estimate of drug-likeness (QED) is 0.610. The molecule has 1 aromatic rings. The van der Waals surface area contributed by atoms with Crippen LogP contribution in [0.5, 0.6) is 11.5 Å². The number of benzene rings is 1. The Morgan fingerprint density at radius 1 is 1.33 bits per heavy atom. The van der Waals surface area contributed by atoms with Gasteiger partial charge in [0.1, 0.15) is 0 Å². The number of carbonyl (C=O) groups excluding carboxylic acids is 1. The van der Waals surface area contributed by atoms with E-state index in [1.54, 1.807) is 6.92 Å². The van der Waals surface area contributed by atoms with Crippen LogP contribution >= 0.6 is 0 Å². The van der Waals surface area contributed by atoms with Crippen LogP contribution in [-0.2, 0) is 0 Å². The van der Waals surface area contributed by atoms with Crippen molar-refractivity contribution in [1.82, 2.24) is 5.43 Å². The van der Waals surface area contributed by atoms with Gasteiger partial charge in [0.05, 0.1) is 18.9 Å². The molecule has 0 saturated heterocycles. The number of amides is 2. The largest absolute Gasteiger partial charge is 0.490 e. The third kappa shape index (κ3) is 2.91. The summed E-state index contributed by atoms with van der Waals surface area (Å²) in [7, 11) is 0. The predicted molar refractivity (Wildman–Crippen MR) is 67.0 cm³/mol. The topological polar surface area (TPSA) is 85.9 Å². The minimum Gasteiger partial charge on any atom is -0.490 e. The van der Waals surface area contributed by atoms with Gasteiger partial charge in [-0.25, -0.2) is 10.2 Å². The molecule has 0 saturated carbocycles. The molecule has 1 aliphatic heterocycles. The third-order valence-corrected chi connectivity index (χ3v) is 2.50. The smallest absolute Gasteiger partial charge is 0.332 e. The van der Waals surface area contributed by atoms with Crippen molar-refractivity contribution in [2.75, 3.05) is 13.2 Å². The van der Waals surface area contributed by atoms with Crippen LogP contribution in [0.3, 0.4) is 0 Å². The van der Waals surface area contributed by atoms with Crippen molar-refractivity contribution in [3.05, 3.63) is 23.8 Å². The minimum absolute atomic E-state index is 0.631. The van der Waals surface area contributed by atoms with Crippen molar-refractivity contribution in [1.29, 1.82) is 0 Å². The minimum atomic E-state index is -0.691. The number of primary amides is 1. The van der Waals surface area contributed by atoms with E-state index < -0.39 is 6.03 Å². The Morgan fingerprint density at radius 3 is 2.78 bits per heavy atom. The highest BCUT2D eigenvalue weighted by Crippen LogP contribution is 2.30. The Bertz CT molecular complexity index is 485. The van der Waals surface area contributed by atoms with Crippen LogP contribution in [0.25, 0.3) is 0 Å². The molecule has 1 aliphatic rings. The van der Waals surface area contributed by atoms with E-state index in [2.05, 4.69) is 10.5 Å². The number of hydrogen-bond acceptors (Lipinski definition) is 4. The van der Waals surface area contributed by atoms with Crippen LogP contribution in [0.15, 0.2) is 23.3 Å². The number of carbonyl (C=O) groups is 1. The number of hydrogen-bond donors (Lipinski definition) is 2. The van der Waals surface area contributed by atoms with E-state index in [1.807, 2.05) is 18.2 Å². The van der Waals surface area contributed by atoms with Crippen LogP contribution in [-0.4, -0.2) is 25.0 Å². The number of nitrogens with zero attached hydrogens (tertiary/aromatic N) is 1. The molecule has 0 spiro atoms. The molecule has 2 rings (SSSR count). The molecule has 3 N–H and O–H groups in total. The lowest BCUT2D eigenvalue weighted by molar-refractivity contribution is 0.249. The highest BCUT2D eigenvalue weighted by molar-refractivity contribution is 5.99. The number of hydrazone groups is 1. The fourth-order valence-electron chi connectivity index (χ4n) is 1.59.